The number of nitrogens with one attached hydrogen (secondary N) is 1. The molecular formula is C10H14N2O3S. The minimum absolute atomic E-state index is 0.0983. The number of Topliss-reactive ketones (excluding diaryl/α,β-unsaturated/α-hetero) is 1. The van der Waals surface area contributed by atoms with E-state index in [9.17, 15) is 13.2 Å². The first-order valence-corrected chi connectivity index (χ1v) is 6.26. The normalized spacial score (nSPS) is 11.4. The molecule has 88 valence electrons. The summed E-state index contributed by atoms with van der Waals surface area (Å²) in [5.74, 6) is -0.0983. The van der Waals surface area contributed by atoms with Gasteiger partial charge in [-0.05, 0) is 19.1 Å². The number of sulfonamides is 1. The Labute approximate surface area is 94.7 Å². The maximum atomic E-state index is 11.6. The molecule has 1 aromatic rings. The molecule has 6 heteroatoms. The summed E-state index contributed by atoms with van der Waals surface area (Å²) in [5, 5.41) is 0. The second-order valence-corrected chi connectivity index (χ2v) is 5.03. The third-order valence-corrected chi connectivity index (χ3v) is 3.48. The van der Waals surface area contributed by atoms with Gasteiger partial charge >= 0.3 is 0 Å². The second-order valence-electron chi connectivity index (χ2n) is 3.27. The molecule has 0 atom stereocenters. The molecule has 0 bridgehead atoms. The van der Waals surface area contributed by atoms with Crippen LogP contribution in [0.5, 0.6) is 0 Å². The third-order valence-electron chi connectivity index (χ3n) is 2.01. The van der Waals surface area contributed by atoms with Crippen LogP contribution in [0.15, 0.2) is 29.2 Å². The Morgan fingerprint density at radius 1 is 1.31 bits per heavy atom. The van der Waals surface area contributed by atoms with Crippen LogP contribution < -0.4 is 10.5 Å². The van der Waals surface area contributed by atoms with Crippen molar-refractivity contribution in [1.29, 1.82) is 0 Å². The molecule has 0 aromatic heterocycles. The summed E-state index contributed by atoms with van der Waals surface area (Å²) in [4.78, 5) is 11.1. The van der Waals surface area contributed by atoms with E-state index in [2.05, 4.69) is 4.72 Å². The minimum Gasteiger partial charge on any atom is -0.329 e. The highest BCUT2D eigenvalue weighted by Crippen LogP contribution is 2.10. The van der Waals surface area contributed by atoms with Crippen molar-refractivity contribution < 1.29 is 13.2 Å². The number of hydrogen-bond acceptors (Lipinski definition) is 4. The lowest BCUT2D eigenvalue weighted by molar-refractivity contribution is 0.101. The second kappa shape index (κ2) is 5.20. The fraction of sp³-hybridized carbons (Fsp3) is 0.300. The Morgan fingerprint density at radius 2 is 1.88 bits per heavy atom. The standard InChI is InChI=1S/C10H14N2O3S/c1-8(13)9-2-4-10(5-3-9)16(14,15)12-7-6-11/h2-5,12H,6-7,11H2,1H3. The minimum atomic E-state index is -3.51. The van der Waals surface area contributed by atoms with Gasteiger partial charge in [0, 0.05) is 18.7 Å². The number of carbonyl (C=O) groups excluding carboxylic acids is 1. The van der Waals surface area contributed by atoms with Gasteiger partial charge in [0.2, 0.25) is 10.0 Å². The maximum absolute atomic E-state index is 11.6. The molecule has 0 aliphatic heterocycles. The molecule has 5 nitrogen and oxygen atoms in total. The van der Waals surface area contributed by atoms with Crippen LogP contribution in [-0.4, -0.2) is 27.3 Å². The summed E-state index contributed by atoms with van der Waals surface area (Å²) >= 11 is 0. The van der Waals surface area contributed by atoms with Crippen molar-refractivity contribution in [3.63, 3.8) is 0 Å². The van der Waals surface area contributed by atoms with Gasteiger partial charge < -0.3 is 5.73 Å². The Balaban J connectivity index is 2.93. The molecule has 16 heavy (non-hydrogen) atoms. The maximum Gasteiger partial charge on any atom is 0.240 e. The lowest BCUT2D eigenvalue weighted by Crippen LogP contribution is -2.29. The zero-order valence-electron chi connectivity index (χ0n) is 8.93. The SMILES string of the molecule is CC(=O)c1ccc(S(=O)(=O)NCCN)cc1. The molecule has 0 unspecified atom stereocenters. The van der Waals surface area contributed by atoms with E-state index in [0.29, 0.717) is 5.56 Å². The quantitative estimate of drug-likeness (QED) is 0.718. The fourth-order valence-electron chi connectivity index (χ4n) is 1.15. The van der Waals surface area contributed by atoms with Crippen LogP contribution in [0.25, 0.3) is 0 Å². The van der Waals surface area contributed by atoms with Crippen LogP contribution in [0, 0.1) is 0 Å². The molecular weight excluding hydrogens is 228 g/mol. The molecule has 3 N–H and O–H groups in total. The van der Waals surface area contributed by atoms with E-state index in [-0.39, 0.29) is 23.8 Å². The van der Waals surface area contributed by atoms with E-state index < -0.39 is 10.0 Å². The Bertz CT molecular complexity index is 465. The number of carbonyl (C=O) groups is 1. The fourth-order valence-corrected chi connectivity index (χ4v) is 2.19. The van der Waals surface area contributed by atoms with Crippen molar-refractivity contribution >= 4 is 15.8 Å². The monoisotopic (exact) mass is 242 g/mol. The molecule has 1 aromatic carbocycles. The van der Waals surface area contributed by atoms with Crippen molar-refractivity contribution in [3.05, 3.63) is 29.8 Å². The summed E-state index contributed by atoms with van der Waals surface area (Å²) in [7, 11) is -3.51. The highest BCUT2D eigenvalue weighted by atomic mass is 32.2. The molecule has 0 heterocycles. The first-order valence-electron chi connectivity index (χ1n) is 4.78. The first-order chi connectivity index (χ1) is 7.47. The largest absolute Gasteiger partial charge is 0.329 e. The van der Waals surface area contributed by atoms with E-state index >= 15 is 0 Å². The van der Waals surface area contributed by atoms with E-state index in [0.717, 1.165) is 0 Å². The Morgan fingerprint density at radius 3 is 2.31 bits per heavy atom. The summed E-state index contributed by atoms with van der Waals surface area (Å²) in [6, 6.07) is 5.77. The van der Waals surface area contributed by atoms with E-state index in [1.807, 2.05) is 0 Å². The third kappa shape index (κ3) is 3.13. The lowest BCUT2D eigenvalue weighted by atomic mass is 10.2. The average molecular weight is 242 g/mol. The highest BCUT2D eigenvalue weighted by molar-refractivity contribution is 7.89. The Kier molecular flexibility index (Phi) is 4.17. The molecule has 0 aliphatic carbocycles. The summed E-state index contributed by atoms with van der Waals surface area (Å²) in [5.41, 5.74) is 5.69. The molecule has 0 amide bonds. The van der Waals surface area contributed by atoms with E-state index in [1.165, 1.54) is 31.2 Å². The molecule has 0 fully saturated rings. The zero-order valence-corrected chi connectivity index (χ0v) is 9.75. The van der Waals surface area contributed by atoms with Crippen LogP contribution in [0.3, 0.4) is 0 Å². The molecule has 0 saturated carbocycles. The number of rotatable bonds is 5. The van der Waals surface area contributed by atoms with Crippen molar-refractivity contribution in [2.75, 3.05) is 13.1 Å². The Hall–Kier alpha value is -1.24. The van der Waals surface area contributed by atoms with Gasteiger partial charge in [-0.25, -0.2) is 13.1 Å². The van der Waals surface area contributed by atoms with Gasteiger partial charge in [-0.15, -0.1) is 0 Å². The van der Waals surface area contributed by atoms with Gasteiger partial charge in [0.15, 0.2) is 5.78 Å². The van der Waals surface area contributed by atoms with Gasteiger partial charge in [0.05, 0.1) is 4.90 Å². The van der Waals surface area contributed by atoms with Crippen molar-refractivity contribution in [2.24, 2.45) is 5.73 Å². The average Bonchev–Trinajstić information content (AvgIpc) is 2.26. The first kappa shape index (κ1) is 12.8. The predicted molar refractivity (Wildman–Crippen MR) is 60.7 cm³/mol. The number of ketones is 1. The topological polar surface area (TPSA) is 89.3 Å². The van der Waals surface area contributed by atoms with Crippen LogP contribution in [0.4, 0.5) is 0 Å². The molecule has 0 radical (unpaired) electrons. The zero-order chi connectivity index (χ0) is 12.2. The molecule has 1 rings (SSSR count). The van der Waals surface area contributed by atoms with Crippen molar-refractivity contribution in [1.82, 2.24) is 4.72 Å². The molecule has 0 spiro atoms. The predicted octanol–water partition coefficient (Wildman–Crippen LogP) is 0.126. The smallest absolute Gasteiger partial charge is 0.240 e. The number of benzene rings is 1. The summed E-state index contributed by atoms with van der Waals surface area (Å²) in [6.07, 6.45) is 0. The van der Waals surface area contributed by atoms with Crippen molar-refractivity contribution in [2.45, 2.75) is 11.8 Å². The van der Waals surface area contributed by atoms with Crippen molar-refractivity contribution in [3.8, 4) is 0 Å². The number of hydrogen-bond donors (Lipinski definition) is 2. The highest BCUT2D eigenvalue weighted by Gasteiger charge is 2.12. The molecule has 0 aliphatic rings. The van der Waals surface area contributed by atoms with E-state index in [1.54, 1.807) is 0 Å². The van der Waals surface area contributed by atoms with Crippen LogP contribution >= 0.6 is 0 Å². The van der Waals surface area contributed by atoms with Gasteiger partial charge in [-0.2, -0.15) is 0 Å². The molecule has 0 saturated heterocycles. The van der Waals surface area contributed by atoms with Gasteiger partial charge in [0.25, 0.3) is 0 Å². The van der Waals surface area contributed by atoms with Crippen LogP contribution in [-0.2, 0) is 10.0 Å². The number of nitrogens with two attached hydrogens (primary N) is 1. The van der Waals surface area contributed by atoms with Crippen LogP contribution in [0.1, 0.15) is 17.3 Å². The van der Waals surface area contributed by atoms with Gasteiger partial charge in [-0.3, -0.25) is 4.79 Å². The lowest BCUT2D eigenvalue weighted by Gasteiger charge is -2.05. The summed E-state index contributed by atoms with van der Waals surface area (Å²) < 4.78 is 25.6. The van der Waals surface area contributed by atoms with Crippen LogP contribution in [0.2, 0.25) is 0 Å². The van der Waals surface area contributed by atoms with Gasteiger partial charge in [0.1, 0.15) is 0 Å². The van der Waals surface area contributed by atoms with Gasteiger partial charge in [-0.1, -0.05) is 12.1 Å². The van der Waals surface area contributed by atoms with E-state index in [4.69, 9.17) is 5.73 Å². The summed E-state index contributed by atoms with van der Waals surface area (Å²) in [6.45, 7) is 1.86.